The molecule has 0 fully saturated rings. The van der Waals surface area contributed by atoms with E-state index in [1.54, 1.807) is 0 Å². The summed E-state index contributed by atoms with van der Waals surface area (Å²) in [6.07, 6.45) is -3.86. The molecule has 0 saturated heterocycles. The van der Waals surface area contributed by atoms with Crippen molar-refractivity contribution >= 4 is 5.69 Å². The van der Waals surface area contributed by atoms with Crippen molar-refractivity contribution in [3.8, 4) is 11.5 Å². The highest BCUT2D eigenvalue weighted by Gasteiger charge is 2.31. The van der Waals surface area contributed by atoms with Crippen molar-refractivity contribution in [1.29, 1.82) is 0 Å². The van der Waals surface area contributed by atoms with Crippen LogP contribution in [0.15, 0.2) is 22.7 Å². The van der Waals surface area contributed by atoms with Gasteiger partial charge in [0.1, 0.15) is 0 Å². The lowest BCUT2D eigenvalue weighted by Crippen LogP contribution is -2.05. The van der Waals surface area contributed by atoms with E-state index in [0.29, 0.717) is 18.2 Å². The van der Waals surface area contributed by atoms with Gasteiger partial charge >= 0.3 is 6.18 Å². The number of benzene rings is 1. The fourth-order valence-corrected chi connectivity index (χ4v) is 1.73. The maximum absolute atomic E-state index is 12.7. The molecular formula is C13H14F3N3O. The molecule has 1 aromatic carbocycles. The monoisotopic (exact) mass is 285 g/mol. The number of anilines is 1. The van der Waals surface area contributed by atoms with Crippen LogP contribution in [0.3, 0.4) is 0 Å². The van der Waals surface area contributed by atoms with Crippen molar-refractivity contribution in [2.45, 2.75) is 26.4 Å². The van der Waals surface area contributed by atoms with E-state index >= 15 is 0 Å². The van der Waals surface area contributed by atoms with E-state index in [1.807, 2.05) is 13.8 Å². The van der Waals surface area contributed by atoms with E-state index in [2.05, 4.69) is 10.1 Å². The Morgan fingerprint density at radius 2 is 2.00 bits per heavy atom. The SMILES string of the molecule is CC(C)Cc1noc(-c2cc(C(F)(F)F)ccc2N)n1. The van der Waals surface area contributed by atoms with Gasteiger partial charge in [-0.2, -0.15) is 18.2 Å². The highest BCUT2D eigenvalue weighted by molar-refractivity contribution is 5.71. The van der Waals surface area contributed by atoms with Gasteiger partial charge in [0.05, 0.1) is 11.1 Å². The van der Waals surface area contributed by atoms with Gasteiger partial charge in [-0.05, 0) is 24.1 Å². The normalized spacial score (nSPS) is 12.1. The molecule has 0 bridgehead atoms. The second-order valence-corrected chi connectivity index (χ2v) is 4.91. The molecule has 108 valence electrons. The molecule has 7 heteroatoms. The number of alkyl halides is 3. The number of nitrogen functional groups attached to an aromatic ring is 1. The second kappa shape index (κ2) is 5.15. The third kappa shape index (κ3) is 3.09. The zero-order chi connectivity index (χ0) is 14.9. The predicted octanol–water partition coefficient (Wildman–Crippen LogP) is 3.54. The Labute approximate surface area is 113 Å². The van der Waals surface area contributed by atoms with Crippen LogP contribution in [0.5, 0.6) is 0 Å². The van der Waals surface area contributed by atoms with Crippen LogP contribution in [-0.4, -0.2) is 10.1 Å². The number of rotatable bonds is 3. The summed E-state index contributed by atoms with van der Waals surface area (Å²) < 4.78 is 43.0. The van der Waals surface area contributed by atoms with E-state index in [-0.39, 0.29) is 17.1 Å². The zero-order valence-electron chi connectivity index (χ0n) is 11.0. The van der Waals surface area contributed by atoms with Crippen molar-refractivity contribution in [3.63, 3.8) is 0 Å². The molecule has 2 N–H and O–H groups in total. The third-order valence-electron chi connectivity index (χ3n) is 2.67. The highest BCUT2D eigenvalue weighted by Crippen LogP contribution is 2.34. The minimum absolute atomic E-state index is 0.00394. The molecular weight excluding hydrogens is 271 g/mol. The molecule has 0 spiro atoms. The fourth-order valence-electron chi connectivity index (χ4n) is 1.73. The average molecular weight is 285 g/mol. The van der Waals surface area contributed by atoms with Gasteiger partial charge < -0.3 is 10.3 Å². The Balaban J connectivity index is 2.39. The molecule has 0 unspecified atom stereocenters. The lowest BCUT2D eigenvalue weighted by atomic mass is 10.1. The molecule has 0 amide bonds. The summed E-state index contributed by atoms with van der Waals surface area (Å²) in [5.41, 5.74) is 5.14. The summed E-state index contributed by atoms with van der Waals surface area (Å²) in [5, 5.41) is 3.74. The van der Waals surface area contributed by atoms with Crippen molar-refractivity contribution < 1.29 is 17.7 Å². The quantitative estimate of drug-likeness (QED) is 0.876. The van der Waals surface area contributed by atoms with Gasteiger partial charge in [-0.15, -0.1) is 0 Å². The molecule has 0 saturated carbocycles. The molecule has 2 rings (SSSR count). The summed E-state index contributed by atoms with van der Waals surface area (Å²) in [6.45, 7) is 3.96. The molecule has 4 nitrogen and oxygen atoms in total. The standard InChI is InChI=1S/C13H14F3N3O/c1-7(2)5-11-18-12(20-19-11)9-6-8(13(14,15)16)3-4-10(9)17/h3-4,6-7H,5,17H2,1-2H3. The largest absolute Gasteiger partial charge is 0.416 e. The maximum Gasteiger partial charge on any atom is 0.416 e. The number of aromatic nitrogens is 2. The Kier molecular flexibility index (Phi) is 3.69. The number of halogens is 3. The van der Waals surface area contributed by atoms with E-state index in [1.165, 1.54) is 6.07 Å². The second-order valence-electron chi connectivity index (χ2n) is 4.91. The summed E-state index contributed by atoms with van der Waals surface area (Å²) in [5.74, 6) is 0.773. The van der Waals surface area contributed by atoms with Crippen LogP contribution < -0.4 is 5.73 Å². The van der Waals surface area contributed by atoms with Gasteiger partial charge in [-0.1, -0.05) is 19.0 Å². The molecule has 0 radical (unpaired) electrons. The number of hydrogen-bond donors (Lipinski definition) is 1. The Morgan fingerprint density at radius 3 is 2.60 bits per heavy atom. The van der Waals surface area contributed by atoms with Gasteiger partial charge in [0.2, 0.25) is 0 Å². The first kappa shape index (κ1) is 14.4. The van der Waals surface area contributed by atoms with Gasteiger partial charge in [0, 0.05) is 12.1 Å². The van der Waals surface area contributed by atoms with Gasteiger partial charge in [0.15, 0.2) is 5.82 Å². The van der Waals surface area contributed by atoms with Crippen LogP contribution in [0.1, 0.15) is 25.2 Å². The Bertz CT molecular complexity index is 605. The van der Waals surface area contributed by atoms with Crippen LogP contribution in [0, 0.1) is 5.92 Å². The summed E-state index contributed by atoms with van der Waals surface area (Å²) in [7, 11) is 0. The van der Waals surface area contributed by atoms with E-state index in [0.717, 1.165) is 12.1 Å². The van der Waals surface area contributed by atoms with Crippen LogP contribution in [0.25, 0.3) is 11.5 Å². The van der Waals surface area contributed by atoms with Gasteiger partial charge in [-0.3, -0.25) is 0 Å². The lowest BCUT2D eigenvalue weighted by Gasteiger charge is -2.08. The zero-order valence-corrected chi connectivity index (χ0v) is 11.0. The van der Waals surface area contributed by atoms with Crippen LogP contribution in [0.2, 0.25) is 0 Å². The molecule has 20 heavy (non-hydrogen) atoms. The first-order valence-corrected chi connectivity index (χ1v) is 6.07. The molecule has 0 aliphatic rings. The van der Waals surface area contributed by atoms with E-state index < -0.39 is 11.7 Å². The number of nitrogens with two attached hydrogens (primary N) is 1. The molecule has 0 aliphatic carbocycles. The molecule has 0 atom stereocenters. The minimum Gasteiger partial charge on any atom is -0.398 e. The van der Waals surface area contributed by atoms with Crippen LogP contribution >= 0.6 is 0 Å². The lowest BCUT2D eigenvalue weighted by molar-refractivity contribution is -0.137. The first-order chi connectivity index (χ1) is 9.27. The molecule has 0 aliphatic heterocycles. The van der Waals surface area contributed by atoms with Crippen molar-refractivity contribution in [3.05, 3.63) is 29.6 Å². The Morgan fingerprint density at radius 1 is 1.30 bits per heavy atom. The smallest absolute Gasteiger partial charge is 0.398 e. The van der Waals surface area contributed by atoms with E-state index in [4.69, 9.17) is 10.3 Å². The molecule has 1 heterocycles. The van der Waals surface area contributed by atoms with Crippen LogP contribution in [-0.2, 0) is 12.6 Å². The minimum atomic E-state index is -4.44. The molecule has 1 aromatic heterocycles. The van der Waals surface area contributed by atoms with Gasteiger partial charge in [0.25, 0.3) is 5.89 Å². The number of nitrogens with zero attached hydrogens (tertiary/aromatic N) is 2. The third-order valence-corrected chi connectivity index (χ3v) is 2.67. The maximum atomic E-state index is 12.7. The highest BCUT2D eigenvalue weighted by atomic mass is 19.4. The summed E-state index contributed by atoms with van der Waals surface area (Å²) >= 11 is 0. The predicted molar refractivity (Wildman–Crippen MR) is 67.7 cm³/mol. The fraction of sp³-hybridized carbons (Fsp3) is 0.385. The van der Waals surface area contributed by atoms with Crippen molar-refractivity contribution in [1.82, 2.24) is 10.1 Å². The van der Waals surface area contributed by atoms with Crippen molar-refractivity contribution in [2.75, 3.05) is 5.73 Å². The van der Waals surface area contributed by atoms with Crippen LogP contribution in [0.4, 0.5) is 18.9 Å². The summed E-state index contributed by atoms with van der Waals surface area (Å²) in [4.78, 5) is 4.08. The topological polar surface area (TPSA) is 64.9 Å². The van der Waals surface area contributed by atoms with Crippen molar-refractivity contribution in [2.24, 2.45) is 5.92 Å². The Hall–Kier alpha value is -2.05. The van der Waals surface area contributed by atoms with Gasteiger partial charge in [-0.25, -0.2) is 0 Å². The number of hydrogen-bond acceptors (Lipinski definition) is 4. The van der Waals surface area contributed by atoms with E-state index in [9.17, 15) is 13.2 Å². The first-order valence-electron chi connectivity index (χ1n) is 6.07. The molecule has 2 aromatic rings. The average Bonchev–Trinajstić information content (AvgIpc) is 2.75. The summed E-state index contributed by atoms with van der Waals surface area (Å²) in [6, 6.07) is 3.02.